The van der Waals surface area contributed by atoms with Crippen LogP contribution in [-0.2, 0) is 5.66 Å². The molecule has 0 fully saturated rings. The van der Waals surface area contributed by atoms with Crippen molar-refractivity contribution in [2.75, 3.05) is 0 Å². The summed E-state index contributed by atoms with van der Waals surface area (Å²) in [6, 6.07) is 30.9. The molecular formula is C22H18N2. The molecule has 4 rings (SSSR count). The zero-order valence-corrected chi connectivity index (χ0v) is 13.6. The van der Waals surface area contributed by atoms with Gasteiger partial charge in [0, 0.05) is 16.7 Å². The molecule has 0 bridgehead atoms. The molecule has 1 aliphatic rings. The summed E-state index contributed by atoms with van der Waals surface area (Å²) >= 11 is 0. The molecule has 0 atom stereocenters. The van der Waals surface area contributed by atoms with E-state index in [1.165, 1.54) is 0 Å². The van der Waals surface area contributed by atoms with Gasteiger partial charge in [0.05, 0.1) is 11.4 Å². The van der Waals surface area contributed by atoms with E-state index >= 15 is 0 Å². The number of rotatable bonds is 3. The lowest BCUT2D eigenvalue weighted by atomic mass is 9.92. The molecule has 0 amide bonds. The molecule has 0 saturated carbocycles. The predicted molar refractivity (Wildman–Crippen MR) is 99.8 cm³/mol. The quantitative estimate of drug-likeness (QED) is 0.660. The van der Waals surface area contributed by atoms with Gasteiger partial charge in [-0.2, -0.15) is 0 Å². The largest absolute Gasteiger partial charge is 0.249 e. The third-order valence-electron chi connectivity index (χ3n) is 4.35. The second kappa shape index (κ2) is 5.89. The molecule has 0 saturated heterocycles. The summed E-state index contributed by atoms with van der Waals surface area (Å²) in [5.74, 6) is 0. The van der Waals surface area contributed by atoms with Crippen LogP contribution in [0.25, 0.3) is 0 Å². The van der Waals surface area contributed by atoms with Crippen LogP contribution in [0.3, 0.4) is 0 Å². The van der Waals surface area contributed by atoms with Gasteiger partial charge in [0.2, 0.25) is 5.66 Å². The Morgan fingerprint density at radius 1 is 0.583 bits per heavy atom. The Labute approximate surface area is 142 Å². The first-order valence-corrected chi connectivity index (χ1v) is 8.13. The second-order valence-corrected chi connectivity index (χ2v) is 5.93. The molecule has 24 heavy (non-hydrogen) atoms. The highest BCUT2D eigenvalue weighted by molar-refractivity contribution is 6.48. The first kappa shape index (κ1) is 14.6. The van der Waals surface area contributed by atoms with E-state index in [1.54, 1.807) is 0 Å². The maximum atomic E-state index is 5.12. The van der Waals surface area contributed by atoms with Crippen molar-refractivity contribution in [3.8, 4) is 0 Å². The van der Waals surface area contributed by atoms with Crippen LogP contribution < -0.4 is 0 Å². The van der Waals surface area contributed by atoms with Gasteiger partial charge in [0.25, 0.3) is 0 Å². The van der Waals surface area contributed by atoms with Gasteiger partial charge in [0.1, 0.15) is 0 Å². The smallest absolute Gasteiger partial charge is 0.202 e. The fourth-order valence-electron chi connectivity index (χ4n) is 3.20. The van der Waals surface area contributed by atoms with Gasteiger partial charge in [-0.1, -0.05) is 91.0 Å². The second-order valence-electron chi connectivity index (χ2n) is 5.93. The Balaban J connectivity index is 1.95. The summed E-state index contributed by atoms with van der Waals surface area (Å²) in [7, 11) is 0. The van der Waals surface area contributed by atoms with Gasteiger partial charge >= 0.3 is 0 Å². The molecule has 0 aromatic heterocycles. The Morgan fingerprint density at radius 2 is 1.04 bits per heavy atom. The van der Waals surface area contributed by atoms with Crippen LogP contribution in [0, 0.1) is 0 Å². The Bertz CT molecular complexity index is 855. The van der Waals surface area contributed by atoms with Crippen LogP contribution in [0.15, 0.2) is 101 Å². The lowest BCUT2D eigenvalue weighted by molar-refractivity contribution is 0.588. The van der Waals surface area contributed by atoms with Gasteiger partial charge in [0.15, 0.2) is 0 Å². The average molecular weight is 310 g/mol. The van der Waals surface area contributed by atoms with Gasteiger partial charge in [-0.25, -0.2) is 9.98 Å². The molecule has 3 aromatic carbocycles. The average Bonchev–Trinajstić information content (AvgIpc) is 3.03. The van der Waals surface area contributed by atoms with Crippen LogP contribution in [0.1, 0.15) is 23.6 Å². The van der Waals surface area contributed by atoms with Crippen molar-refractivity contribution in [3.63, 3.8) is 0 Å². The lowest BCUT2D eigenvalue weighted by Gasteiger charge is -2.24. The highest BCUT2D eigenvalue weighted by atomic mass is 15.1. The highest BCUT2D eigenvalue weighted by Gasteiger charge is 2.38. The number of hydrogen-bond donors (Lipinski definition) is 0. The van der Waals surface area contributed by atoms with E-state index in [0.717, 1.165) is 28.1 Å². The van der Waals surface area contributed by atoms with Crippen LogP contribution >= 0.6 is 0 Å². The molecule has 0 N–H and O–H groups in total. The van der Waals surface area contributed by atoms with E-state index < -0.39 is 5.66 Å². The summed E-state index contributed by atoms with van der Waals surface area (Å²) < 4.78 is 0. The molecule has 0 aliphatic carbocycles. The molecule has 1 aliphatic heterocycles. The predicted octanol–water partition coefficient (Wildman–Crippen LogP) is 4.85. The van der Waals surface area contributed by atoms with E-state index in [1.807, 2.05) is 61.5 Å². The van der Waals surface area contributed by atoms with Crippen molar-refractivity contribution in [2.45, 2.75) is 12.6 Å². The molecular weight excluding hydrogens is 292 g/mol. The van der Waals surface area contributed by atoms with Gasteiger partial charge in [-0.3, -0.25) is 0 Å². The fraction of sp³-hybridized carbons (Fsp3) is 0.0909. The molecule has 0 radical (unpaired) electrons. The summed E-state index contributed by atoms with van der Waals surface area (Å²) in [5, 5.41) is 0. The maximum Gasteiger partial charge on any atom is 0.202 e. The minimum atomic E-state index is -0.697. The van der Waals surface area contributed by atoms with E-state index in [0.29, 0.717) is 0 Å². The van der Waals surface area contributed by atoms with Crippen molar-refractivity contribution in [1.29, 1.82) is 0 Å². The molecule has 2 nitrogen and oxygen atoms in total. The van der Waals surface area contributed by atoms with Gasteiger partial charge < -0.3 is 0 Å². The fourth-order valence-corrected chi connectivity index (χ4v) is 3.20. The van der Waals surface area contributed by atoms with Crippen LogP contribution in [0.5, 0.6) is 0 Å². The van der Waals surface area contributed by atoms with Crippen molar-refractivity contribution in [2.24, 2.45) is 9.98 Å². The molecule has 2 heteroatoms. The summed E-state index contributed by atoms with van der Waals surface area (Å²) in [6.07, 6.45) is 0. The van der Waals surface area contributed by atoms with Crippen LogP contribution in [0.4, 0.5) is 0 Å². The van der Waals surface area contributed by atoms with Crippen LogP contribution in [0.2, 0.25) is 0 Å². The number of aliphatic imine (C=N–C) groups is 2. The summed E-state index contributed by atoms with van der Waals surface area (Å²) in [6.45, 7) is 2.04. The molecule has 3 aromatic rings. The molecule has 1 heterocycles. The number of benzene rings is 3. The first-order valence-electron chi connectivity index (χ1n) is 8.13. The molecule has 0 unspecified atom stereocenters. The number of hydrogen-bond acceptors (Lipinski definition) is 2. The Hall–Kier alpha value is -3.00. The normalized spacial score (nSPS) is 15.7. The van der Waals surface area contributed by atoms with Crippen LogP contribution in [-0.4, -0.2) is 11.4 Å². The number of nitrogens with zero attached hydrogens (tertiary/aromatic N) is 2. The third-order valence-corrected chi connectivity index (χ3v) is 4.35. The minimum Gasteiger partial charge on any atom is -0.249 e. The van der Waals surface area contributed by atoms with Gasteiger partial charge in [-0.05, 0) is 6.92 Å². The maximum absolute atomic E-state index is 5.12. The lowest BCUT2D eigenvalue weighted by Crippen LogP contribution is -2.21. The molecule has 116 valence electrons. The SMILES string of the molecule is CC1=NC(c2ccccc2)(c2ccccc2)N=C1c1ccccc1. The monoisotopic (exact) mass is 310 g/mol. The van der Waals surface area contributed by atoms with Crippen molar-refractivity contribution >= 4 is 11.4 Å². The first-order chi connectivity index (χ1) is 11.8. The topological polar surface area (TPSA) is 24.7 Å². The van der Waals surface area contributed by atoms with E-state index in [9.17, 15) is 0 Å². The van der Waals surface area contributed by atoms with E-state index in [2.05, 4.69) is 36.4 Å². The molecule has 0 spiro atoms. The van der Waals surface area contributed by atoms with E-state index in [-0.39, 0.29) is 0 Å². The standard InChI is InChI=1S/C22H18N2/c1-17-21(18-11-5-2-6-12-18)24-22(23-17,19-13-7-3-8-14-19)20-15-9-4-10-16-20/h2-16H,1H3. The van der Waals surface area contributed by atoms with Crippen molar-refractivity contribution in [3.05, 3.63) is 108 Å². The van der Waals surface area contributed by atoms with Crippen molar-refractivity contribution < 1.29 is 0 Å². The Kier molecular flexibility index (Phi) is 3.58. The van der Waals surface area contributed by atoms with Gasteiger partial charge in [-0.15, -0.1) is 0 Å². The zero-order valence-electron chi connectivity index (χ0n) is 13.6. The highest BCUT2D eigenvalue weighted by Crippen LogP contribution is 2.39. The zero-order chi connectivity index (χ0) is 16.4. The summed E-state index contributed by atoms with van der Waals surface area (Å²) in [4.78, 5) is 10.2. The van der Waals surface area contributed by atoms with E-state index in [4.69, 9.17) is 9.98 Å². The minimum absolute atomic E-state index is 0.697. The third kappa shape index (κ3) is 2.37. The van der Waals surface area contributed by atoms with Crippen molar-refractivity contribution in [1.82, 2.24) is 0 Å². The summed E-state index contributed by atoms with van der Waals surface area (Å²) in [5.41, 5.74) is 4.50. The Morgan fingerprint density at radius 3 is 1.54 bits per heavy atom.